The first kappa shape index (κ1) is 22.2. The molecule has 0 radical (unpaired) electrons. The largest absolute Gasteiger partial charge is 0.378 e. The van der Waals surface area contributed by atoms with Crippen LogP contribution in [0.2, 0.25) is 0 Å². The zero-order valence-corrected chi connectivity index (χ0v) is 17.6. The molecule has 1 N–H and O–H groups in total. The van der Waals surface area contributed by atoms with Crippen LogP contribution in [-0.2, 0) is 19.8 Å². The number of likely N-dealkylation sites (N-methyl/N-ethyl adjacent to an activating group) is 1. The Morgan fingerprint density at radius 3 is 1.40 bits per heavy atom. The number of hydrogen-bond acceptors (Lipinski definition) is 4. The van der Waals surface area contributed by atoms with Gasteiger partial charge in [0.2, 0.25) is 0 Å². The van der Waals surface area contributed by atoms with Crippen molar-refractivity contribution in [1.29, 1.82) is 0 Å². The van der Waals surface area contributed by atoms with Gasteiger partial charge in [-0.15, -0.1) is 0 Å². The molecule has 3 aromatic carbocycles. The van der Waals surface area contributed by atoms with Gasteiger partial charge >= 0.3 is 0 Å². The molecule has 0 atom stereocenters. The maximum Gasteiger partial charge on any atom is 0.143 e. The first-order valence-corrected chi connectivity index (χ1v) is 10.5. The molecule has 0 heterocycles. The highest BCUT2D eigenvalue weighted by Gasteiger charge is 2.37. The summed E-state index contributed by atoms with van der Waals surface area (Å²) in [6.07, 6.45) is 0. The van der Waals surface area contributed by atoms with Crippen molar-refractivity contribution in [2.45, 2.75) is 5.60 Å². The quantitative estimate of drug-likeness (QED) is 0.341. The molecule has 3 aromatic rings. The van der Waals surface area contributed by atoms with Crippen LogP contribution in [0.3, 0.4) is 0 Å². The lowest BCUT2D eigenvalue weighted by molar-refractivity contribution is -0.0330. The van der Waals surface area contributed by atoms with Crippen LogP contribution in [0.4, 0.5) is 0 Å². The second-order valence-corrected chi connectivity index (χ2v) is 6.96. The summed E-state index contributed by atoms with van der Waals surface area (Å²) in [6.45, 7) is 3.65. The Balaban J connectivity index is 1.77. The normalized spacial score (nSPS) is 11.5. The molecule has 0 aromatic heterocycles. The van der Waals surface area contributed by atoms with Crippen molar-refractivity contribution in [3.63, 3.8) is 0 Å². The molecule has 4 heteroatoms. The fourth-order valence-corrected chi connectivity index (χ4v) is 3.52. The fraction of sp³-hybridized carbons (Fsp3) is 0.308. The average Bonchev–Trinajstić information content (AvgIpc) is 2.82. The van der Waals surface area contributed by atoms with Crippen LogP contribution in [0.15, 0.2) is 91.0 Å². The van der Waals surface area contributed by atoms with Gasteiger partial charge in [-0.25, -0.2) is 0 Å². The molecule has 0 saturated carbocycles. The highest BCUT2D eigenvalue weighted by Crippen LogP contribution is 2.40. The van der Waals surface area contributed by atoms with Gasteiger partial charge in [0.1, 0.15) is 5.60 Å². The van der Waals surface area contributed by atoms with Gasteiger partial charge in [0.25, 0.3) is 0 Å². The number of ether oxygens (including phenoxy) is 3. The van der Waals surface area contributed by atoms with Crippen molar-refractivity contribution in [3.8, 4) is 0 Å². The monoisotopic (exact) mass is 405 g/mol. The zero-order valence-electron chi connectivity index (χ0n) is 17.6. The molecule has 0 fully saturated rings. The summed E-state index contributed by atoms with van der Waals surface area (Å²) in [5, 5.41) is 3.06. The van der Waals surface area contributed by atoms with Crippen LogP contribution in [-0.4, -0.2) is 46.6 Å². The third-order valence-electron chi connectivity index (χ3n) is 4.96. The molecule has 0 unspecified atom stereocenters. The highest BCUT2D eigenvalue weighted by molar-refractivity contribution is 5.47. The van der Waals surface area contributed by atoms with Gasteiger partial charge in [-0.05, 0) is 23.7 Å². The predicted octanol–water partition coefficient (Wildman–Crippen LogP) is 4.25. The van der Waals surface area contributed by atoms with E-state index in [4.69, 9.17) is 14.2 Å². The summed E-state index contributed by atoms with van der Waals surface area (Å²) in [4.78, 5) is 0. The van der Waals surface area contributed by atoms with Crippen LogP contribution in [0.25, 0.3) is 0 Å². The summed E-state index contributed by atoms with van der Waals surface area (Å²) in [6, 6.07) is 31.1. The van der Waals surface area contributed by atoms with E-state index < -0.39 is 5.60 Å². The fourth-order valence-electron chi connectivity index (χ4n) is 3.52. The van der Waals surface area contributed by atoms with Gasteiger partial charge in [0.15, 0.2) is 0 Å². The lowest BCUT2D eigenvalue weighted by Crippen LogP contribution is -2.34. The van der Waals surface area contributed by atoms with E-state index in [1.54, 1.807) is 0 Å². The van der Waals surface area contributed by atoms with Crippen LogP contribution in [0.1, 0.15) is 16.7 Å². The smallest absolute Gasteiger partial charge is 0.143 e. The molecule has 0 bridgehead atoms. The second kappa shape index (κ2) is 12.3. The van der Waals surface area contributed by atoms with Crippen LogP contribution in [0, 0.1) is 0 Å². The van der Waals surface area contributed by atoms with E-state index in [2.05, 4.69) is 78.1 Å². The molecular formula is C26H31NO3. The summed E-state index contributed by atoms with van der Waals surface area (Å²) in [7, 11) is 1.91. The molecule has 0 aliphatic heterocycles. The van der Waals surface area contributed by atoms with Crippen molar-refractivity contribution in [3.05, 3.63) is 108 Å². The highest BCUT2D eigenvalue weighted by atomic mass is 16.5. The van der Waals surface area contributed by atoms with E-state index in [0.717, 1.165) is 23.2 Å². The number of rotatable bonds is 13. The topological polar surface area (TPSA) is 39.7 Å². The molecular weight excluding hydrogens is 374 g/mol. The average molecular weight is 406 g/mol. The van der Waals surface area contributed by atoms with E-state index in [-0.39, 0.29) is 0 Å². The molecule has 0 aliphatic rings. The van der Waals surface area contributed by atoms with Crippen molar-refractivity contribution in [2.24, 2.45) is 0 Å². The second-order valence-electron chi connectivity index (χ2n) is 6.96. The summed E-state index contributed by atoms with van der Waals surface area (Å²) < 4.78 is 17.9. The molecule has 0 saturated heterocycles. The van der Waals surface area contributed by atoms with E-state index in [9.17, 15) is 0 Å². The molecule has 0 spiro atoms. The molecule has 0 aliphatic carbocycles. The third kappa shape index (κ3) is 5.77. The van der Waals surface area contributed by atoms with Crippen molar-refractivity contribution >= 4 is 0 Å². The summed E-state index contributed by atoms with van der Waals surface area (Å²) in [5.74, 6) is 0. The van der Waals surface area contributed by atoms with Gasteiger partial charge in [-0.2, -0.15) is 0 Å². The lowest BCUT2D eigenvalue weighted by Gasteiger charge is -2.36. The van der Waals surface area contributed by atoms with Crippen molar-refractivity contribution in [2.75, 3.05) is 46.6 Å². The van der Waals surface area contributed by atoms with E-state index in [1.807, 2.05) is 25.2 Å². The van der Waals surface area contributed by atoms with Gasteiger partial charge in [-0.3, -0.25) is 0 Å². The minimum absolute atomic E-state index is 0.467. The number of hydrogen-bond donors (Lipinski definition) is 1. The number of benzene rings is 3. The SMILES string of the molecule is CNCCOCCOCCOC(c1ccccc1)(c1ccccc1)c1ccccc1. The minimum Gasteiger partial charge on any atom is -0.378 e. The van der Waals surface area contributed by atoms with Gasteiger partial charge in [0, 0.05) is 6.54 Å². The Morgan fingerprint density at radius 2 is 0.967 bits per heavy atom. The predicted molar refractivity (Wildman–Crippen MR) is 121 cm³/mol. The van der Waals surface area contributed by atoms with E-state index in [1.165, 1.54) is 0 Å². The molecule has 30 heavy (non-hydrogen) atoms. The van der Waals surface area contributed by atoms with Gasteiger partial charge in [-0.1, -0.05) is 91.0 Å². The molecule has 4 nitrogen and oxygen atoms in total. The Bertz CT molecular complexity index is 728. The van der Waals surface area contributed by atoms with Crippen LogP contribution >= 0.6 is 0 Å². The first-order valence-electron chi connectivity index (χ1n) is 10.5. The van der Waals surface area contributed by atoms with Gasteiger partial charge < -0.3 is 19.5 Å². The Hall–Kier alpha value is -2.50. The Labute approximate surface area is 179 Å². The number of nitrogens with one attached hydrogen (secondary N) is 1. The van der Waals surface area contributed by atoms with Gasteiger partial charge in [0.05, 0.1) is 33.0 Å². The standard InChI is InChI=1S/C26H31NO3/c1-27-17-18-28-19-20-29-21-22-30-26(23-11-5-2-6-12-23,24-13-7-3-8-14-24)25-15-9-4-10-16-25/h2-16,27H,17-22H2,1H3. The van der Waals surface area contributed by atoms with E-state index >= 15 is 0 Å². The molecule has 3 rings (SSSR count). The minimum atomic E-state index is -0.698. The maximum absolute atomic E-state index is 6.66. The first-order chi connectivity index (χ1) is 14.9. The Morgan fingerprint density at radius 1 is 0.567 bits per heavy atom. The van der Waals surface area contributed by atoms with E-state index in [0.29, 0.717) is 33.0 Å². The van der Waals surface area contributed by atoms with Crippen molar-refractivity contribution in [1.82, 2.24) is 5.32 Å². The lowest BCUT2D eigenvalue weighted by atomic mass is 9.80. The zero-order chi connectivity index (χ0) is 20.9. The summed E-state index contributed by atoms with van der Waals surface area (Å²) >= 11 is 0. The van der Waals surface area contributed by atoms with Crippen molar-refractivity contribution < 1.29 is 14.2 Å². The molecule has 158 valence electrons. The molecule has 0 amide bonds. The maximum atomic E-state index is 6.66. The third-order valence-corrected chi connectivity index (χ3v) is 4.96. The summed E-state index contributed by atoms with van der Waals surface area (Å²) in [5.41, 5.74) is 2.59. The van der Waals surface area contributed by atoms with Crippen LogP contribution in [0.5, 0.6) is 0 Å². The Kier molecular flexibility index (Phi) is 9.06. The van der Waals surface area contributed by atoms with Crippen LogP contribution < -0.4 is 5.32 Å².